The minimum Gasteiger partial charge on any atom is -0.351 e. The molecule has 0 saturated carbocycles. The van der Waals surface area contributed by atoms with E-state index in [2.05, 4.69) is 15.2 Å². The second kappa shape index (κ2) is 7.53. The first-order valence-electron chi connectivity index (χ1n) is 8.89. The van der Waals surface area contributed by atoms with Crippen molar-refractivity contribution in [3.63, 3.8) is 0 Å². The molecule has 0 bridgehead atoms. The van der Waals surface area contributed by atoms with Crippen LogP contribution in [0.4, 0.5) is 0 Å². The van der Waals surface area contributed by atoms with Crippen molar-refractivity contribution in [3.05, 3.63) is 65.0 Å². The average Bonchev–Trinajstić information content (AvgIpc) is 3.25. The third-order valence-electron chi connectivity index (χ3n) is 4.82. The van der Waals surface area contributed by atoms with Gasteiger partial charge in [0.1, 0.15) is 0 Å². The van der Waals surface area contributed by atoms with Crippen molar-refractivity contribution < 1.29 is 9.32 Å². The number of nitrogens with zero attached hydrogens (tertiary/aromatic N) is 5. The first-order valence-corrected chi connectivity index (χ1v) is 8.89. The van der Waals surface area contributed by atoms with Crippen molar-refractivity contribution in [3.8, 4) is 11.3 Å². The van der Waals surface area contributed by atoms with Crippen LogP contribution in [-0.2, 0) is 6.54 Å². The minimum absolute atomic E-state index is 0.118. The van der Waals surface area contributed by atoms with Gasteiger partial charge in [-0.1, -0.05) is 5.16 Å². The van der Waals surface area contributed by atoms with Gasteiger partial charge in [-0.05, 0) is 37.0 Å². The van der Waals surface area contributed by atoms with Gasteiger partial charge in [0.15, 0.2) is 0 Å². The van der Waals surface area contributed by atoms with Crippen LogP contribution in [0.5, 0.6) is 0 Å². The van der Waals surface area contributed by atoms with Crippen LogP contribution in [0.3, 0.4) is 0 Å². The Labute approximate surface area is 155 Å². The van der Waals surface area contributed by atoms with Crippen LogP contribution < -0.4 is 5.56 Å². The Hall–Kier alpha value is -3.29. The number of carbonyl (C=O) groups is 1. The number of carbonyl (C=O) groups excluding carboxylic acids is 1. The summed E-state index contributed by atoms with van der Waals surface area (Å²) in [5.74, 6) is 0.416. The predicted molar refractivity (Wildman–Crippen MR) is 96.9 cm³/mol. The van der Waals surface area contributed by atoms with Crippen molar-refractivity contribution in [1.29, 1.82) is 0 Å². The molecule has 8 heteroatoms. The number of hydrogen-bond donors (Lipinski definition) is 0. The Bertz CT molecular complexity index is 961. The zero-order chi connectivity index (χ0) is 18.6. The summed E-state index contributed by atoms with van der Waals surface area (Å²) in [6.07, 6.45) is 6.50. The summed E-state index contributed by atoms with van der Waals surface area (Å²) in [5, 5.41) is 8.08. The lowest BCUT2D eigenvalue weighted by atomic mass is 9.96. The van der Waals surface area contributed by atoms with Crippen LogP contribution in [0, 0.1) is 5.92 Å². The summed E-state index contributed by atoms with van der Waals surface area (Å²) in [4.78, 5) is 30.3. The van der Waals surface area contributed by atoms with Crippen molar-refractivity contribution in [2.45, 2.75) is 19.4 Å². The van der Waals surface area contributed by atoms with Gasteiger partial charge in [-0.15, -0.1) is 0 Å². The smallest absolute Gasteiger partial charge is 0.292 e. The van der Waals surface area contributed by atoms with E-state index in [1.165, 1.54) is 10.9 Å². The van der Waals surface area contributed by atoms with E-state index in [1.54, 1.807) is 35.5 Å². The maximum Gasteiger partial charge on any atom is 0.292 e. The summed E-state index contributed by atoms with van der Waals surface area (Å²) in [7, 11) is 0. The normalized spacial score (nSPS) is 15.0. The summed E-state index contributed by atoms with van der Waals surface area (Å²) in [5.41, 5.74) is 1.55. The van der Waals surface area contributed by atoms with E-state index < -0.39 is 0 Å². The number of aromatic nitrogens is 4. The monoisotopic (exact) mass is 365 g/mol. The van der Waals surface area contributed by atoms with Crippen LogP contribution >= 0.6 is 0 Å². The lowest BCUT2D eigenvalue weighted by Gasteiger charge is -2.31. The molecule has 4 rings (SSSR count). The quantitative estimate of drug-likeness (QED) is 0.700. The van der Waals surface area contributed by atoms with E-state index >= 15 is 0 Å². The van der Waals surface area contributed by atoms with E-state index in [4.69, 9.17) is 4.52 Å². The molecule has 0 radical (unpaired) electrons. The Morgan fingerprint density at radius 2 is 1.85 bits per heavy atom. The molecule has 0 unspecified atom stereocenters. The van der Waals surface area contributed by atoms with Crippen molar-refractivity contribution >= 4 is 5.91 Å². The highest BCUT2D eigenvalue weighted by atomic mass is 16.5. The average molecular weight is 365 g/mol. The van der Waals surface area contributed by atoms with Crippen LogP contribution in [0.1, 0.15) is 23.4 Å². The van der Waals surface area contributed by atoms with Crippen LogP contribution in [0.15, 0.2) is 58.2 Å². The van der Waals surface area contributed by atoms with E-state index in [9.17, 15) is 9.59 Å². The van der Waals surface area contributed by atoms with Crippen molar-refractivity contribution in [1.82, 2.24) is 24.8 Å². The molecule has 1 fully saturated rings. The summed E-state index contributed by atoms with van der Waals surface area (Å²) in [6, 6.07) is 8.58. The highest BCUT2D eigenvalue weighted by Gasteiger charge is 2.26. The molecule has 0 aliphatic carbocycles. The van der Waals surface area contributed by atoms with Gasteiger partial charge in [-0.25, -0.2) is 4.68 Å². The molecule has 27 heavy (non-hydrogen) atoms. The second-order valence-electron chi connectivity index (χ2n) is 6.59. The fraction of sp³-hybridized carbons (Fsp3) is 0.316. The van der Waals surface area contributed by atoms with Gasteiger partial charge >= 0.3 is 0 Å². The molecule has 1 saturated heterocycles. The number of rotatable bonds is 4. The number of pyridine rings is 1. The molecule has 0 atom stereocenters. The molecule has 4 heterocycles. The third kappa shape index (κ3) is 3.79. The molecule has 1 amide bonds. The first kappa shape index (κ1) is 17.1. The minimum atomic E-state index is -0.138. The van der Waals surface area contributed by atoms with E-state index in [0.29, 0.717) is 25.6 Å². The summed E-state index contributed by atoms with van der Waals surface area (Å²) >= 11 is 0. The number of amides is 1. The van der Waals surface area contributed by atoms with Gasteiger partial charge < -0.3 is 9.42 Å². The van der Waals surface area contributed by atoms with Gasteiger partial charge in [0.2, 0.25) is 5.76 Å². The molecule has 8 nitrogen and oxygen atoms in total. The first-order chi connectivity index (χ1) is 13.2. The topological polar surface area (TPSA) is 94.1 Å². The molecule has 3 aromatic rings. The molecule has 1 aliphatic heterocycles. The maximum atomic E-state index is 12.3. The Kier molecular flexibility index (Phi) is 4.78. The van der Waals surface area contributed by atoms with Crippen LogP contribution in [0.2, 0.25) is 0 Å². The summed E-state index contributed by atoms with van der Waals surface area (Å²) < 4.78 is 6.46. The van der Waals surface area contributed by atoms with Gasteiger partial charge in [0, 0.05) is 49.7 Å². The van der Waals surface area contributed by atoms with Gasteiger partial charge in [0.05, 0.1) is 11.9 Å². The molecule has 0 aromatic carbocycles. The Morgan fingerprint density at radius 1 is 1.07 bits per heavy atom. The molecule has 138 valence electrons. The van der Waals surface area contributed by atoms with E-state index in [0.717, 1.165) is 24.1 Å². The second-order valence-corrected chi connectivity index (χ2v) is 6.59. The molecular weight excluding hydrogens is 346 g/mol. The maximum absolute atomic E-state index is 12.3. The lowest BCUT2D eigenvalue weighted by Crippen LogP contribution is -2.40. The number of piperidine rings is 1. The van der Waals surface area contributed by atoms with Gasteiger partial charge in [0.25, 0.3) is 11.5 Å². The Balaban J connectivity index is 1.42. The molecule has 0 spiro atoms. The van der Waals surface area contributed by atoms with E-state index in [-0.39, 0.29) is 17.2 Å². The largest absolute Gasteiger partial charge is 0.351 e. The molecule has 3 aromatic heterocycles. The number of hydrogen-bond acceptors (Lipinski definition) is 6. The zero-order valence-electron chi connectivity index (χ0n) is 14.7. The zero-order valence-corrected chi connectivity index (χ0v) is 14.7. The van der Waals surface area contributed by atoms with Gasteiger partial charge in [-0.3, -0.25) is 14.6 Å². The fourth-order valence-corrected chi connectivity index (χ4v) is 3.30. The predicted octanol–water partition coefficient (Wildman–Crippen LogP) is 1.85. The standard InChI is InChI=1S/C19H19N5O3/c25-18-2-1-16(15-3-8-20-9-4-15)22-24(18)13-14-6-11-23(12-7-14)19(26)17-5-10-21-27-17/h1-5,8-10,14H,6-7,11-13H2. The highest BCUT2D eigenvalue weighted by molar-refractivity contribution is 5.91. The Morgan fingerprint density at radius 3 is 2.56 bits per heavy atom. The van der Waals surface area contributed by atoms with E-state index in [1.807, 2.05) is 12.1 Å². The van der Waals surface area contributed by atoms with Crippen LogP contribution in [-0.4, -0.2) is 43.8 Å². The van der Waals surface area contributed by atoms with Crippen molar-refractivity contribution in [2.24, 2.45) is 5.92 Å². The third-order valence-corrected chi connectivity index (χ3v) is 4.82. The molecule has 0 N–H and O–H groups in total. The highest BCUT2D eigenvalue weighted by Crippen LogP contribution is 2.21. The SMILES string of the molecule is O=C(c1ccno1)N1CCC(Cn2nc(-c3ccncc3)ccc2=O)CC1. The number of likely N-dealkylation sites (tertiary alicyclic amines) is 1. The molecule has 1 aliphatic rings. The summed E-state index contributed by atoms with van der Waals surface area (Å²) in [6.45, 7) is 1.80. The van der Waals surface area contributed by atoms with Gasteiger partial charge in [-0.2, -0.15) is 5.10 Å². The lowest BCUT2D eigenvalue weighted by molar-refractivity contribution is 0.0639. The molecular formula is C19H19N5O3. The van der Waals surface area contributed by atoms with Crippen molar-refractivity contribution in [2.75, 3.05) is 13.1 Å². The van der Waals surface area contributed by atoms with Crippen LogP contribution in [0.25, 0.3) is 11.3 Å². The fourth-order valence-electron chi connectivity index (χ4n) is 3.30.